The summed E-state index contributed by atoms with van der Waals surface area (Å²) >= 11 is 9.09. The van der Waals surface area contributed by atoms with Gasteiger partial charge in [-0.3, -0.25) is 9.52 Å². The molecule has 1 aromatic carbocycles. The van der Waals surface area contributed by atoms with Gasteiger partial charge in [-0.2, -0.15) is 0 Å². The van der Waals surface area contributed by atoms with Crippen molar-refractivity contribution in [1.29, 1.82) is 0 Å². The SMILES string of the molecule is CCOc1c(Br)cc(Cl)cc1NS(=O)(=O)CCC(=O)O. The van der Waals surface area contributed by atoms with E-state index in [1.54, 1.807) is 13.0 Å². The molecule has 0 saturated carbocycles. The lowest BCUT2D eigenvalue weighted by atomic mass is 10.3. The van der Waals surface area contributed by atoms with E-state index in [1.165, 1.54) is 6.07 Å². The van der Waals surface area contributed by atoms with Crippen molar-refractivity contribution < 1.29 is 23.1 Å². The van der Waals surface area contributed by atoms with Crippen LogP contribution in [0.4, 0.5) is 5.69 Å². The molecule has 20 heavy (non-hydrogen) atoms. The first-order valence-electron chi connectivity index (χ1n) is 5.59. The number of sulfonamides is 1. The van der Waals surface area contributed by atoms with Crippen molar-refractivity contribution in [2.45, 2.75) is 13.3 Å². The van der Waals surface area contributed by atoms with Crippen LogP contribution in [0, 0.1) is 0 Å². The van der Waals surface area contributed by atoms with Crippen LogP contribution < -0.4 is 9.46 Å². The number of rotatable bonds is 7. The number of anilines is 1. The van der Waals surface area contributed by atoms with Gasteiger partial charge < -0.3 is 9.84 Å². The van der Waals surface area contributed by atoms with Gasteiger partial charge in [0.2, 0.25) is 10.0 Å². The van der Waals surface area contributed by atoms with Gasteiger partial charge in [0.05, 0.1) is 28.9 Å². The number of benzene rings is 1. The molecule has 112 valence electrons. The summed E-state index contributed by atoms with van der Waals surface area (Å²) in [6.07, 6.45) is -0.485. The molecule has 1 aromatic rings. The second-order valence-electron chi connectivity index (χ2n) is 3.76. The molecule has 0 saturated heterocycles. The Hall–Kier alpha value is -0.990. The molecule has 0 aliphatic rings. The zero-order valence-electron chi connectivity index (χ0n) is 10.5. The fraction of sp³-hybridized carbons (Fsp3) is 0.364. The van der Waals surface area contributed by atoms with Gasteiger partial charge in [0.15, 0.2) is 5.75 Å². The summed E-state index contributed by atoms with van der Waals surface area (Å²) in [5, 5.41) is 8.84. The Kier molecular flexibility index (Phi) is 6.09. The van der Waals surface area contributed by atoms with Crippen LogP contribution in [0.15, 0.2) is 16.6 Å². The monoisotopic (exact) mass is 385 g/mol. The minimum Gasteiger partial charge on any atom is -0.490 e. The fourth-order valence-corrected chi connectivity index (χ4v) is 3.32. The normalized spacial score (nSPS) is 11.2. The smallest absolute Gasteiger partial charge is 0.304 e. The molecule has 0 heterocycles. The first-order valence-corrected chi connectivity index (χ1v) is 8.41. The summed E-state index contributed by atoms with van der Waals surface area (Å²) in [5.41, 5.74) is 0.164. The average molecular weight is 387 g/mol. The van der Waals surface area contributed by atoms with E-state index < -0.39 is 28.2 Å². The molecule has 6 nitrogen and oxygen atoms in total. The van der Waals surface area contributed by atoms with Crippen molar-refractivity contribution in [3.63, 3.8) is 0 Å². The number of carbonyl (C=O) groups is 1. The molecule has 0 unspecified atom stereocenters. The first-order chi connectivity index (χ1) is 9.25. The van der Waals surface area contributed by atoms with Gasteiger partial charge in [-0.15, -0.1) is 0 Å². The van der Waals surface area contributed by atoms with Crippen molar-refractivity contribution in [3.8, 4) is 5.75 Å². The Balaban J connectivity index is 3.04. The Morgan fingerprint density at radius 3 is 2.70 bits per heavy atom. The van der Waals surface area contributed by atoms with E-state index in [4.69, 9.17) is 21.4 Å². The van der Waals surface area contributed by atoms with Crippen molar-refractivity contribution in [1.82, 2.24) is 0 Å². The lowest BCUT2D eigenvalue weighted by Crippen LogP contribution is -2.19. The van der Waals surface area contributed by atoms with Gasteiger partial charge >= 0.3 is 5.97 Å². The number of ether oxygens (including phenoxy) is 1. The van der Waals surface area contributed by atoms with Crippen LogP contribution in [0.1, 0.15) is 13.3 Å². The zero-order valence-corrected chi connectivity index (χ0v) is 13.7. The summed E-state index contributed by atoms with van der Waals surface area (Å²) in [7, 11) is -3.79. The molecule has 0 amide bonds. The molecule has 9 heteroatoms. The van der Waals surface area contributed by atoms with Gasteiger partial charge in [0.25, 0.3) is 0 Å². The van der Waals surface area contributed by atoms with Crippen molar-refractivity contribution in [2.75, 3.05) is 17.1 Å². The van der Waals surface area contributed by atoms with Crippen LogP contribution in [-0.4, -0.2) is 31.9 Å². The third-order valence-corrected chi connectivity index (χ3v) is 4.23. The molecule has 2 N–H and O–H groups in total. The topological polar surface area (TPSA) is 92.7 Å². The van der Waals surface area contributed by atoms with Crippen LogP contribution >= 0.6 is 27.5 Å². The van der Waals surface area contributed by atoms with Gasteiger partial charge in [-0.1, -0.05) is 11.6 Å². The van der Waals surface area contributed by atoms with Crippen LogP contribution in [0.3, 0.4) is 0 Å². The van der Waals surface area contributed by atoms with Crippen molar-refractivity contribution in [2.24, 2.45) is 0 Å². The van der Waals surface area contributed by atoms with E-state index in [9.17, 15) is 13.2 Å². The summed E-state index contributed by atoms with van der Waals surface area (Å²) in [4.78, 5) is 10.4. The number of nitrogens with one attached hydrogen (secondary N) is 1. The molecule has 0 aliphatic carbocycles. The quantitative estimate of drug-likeness (QED) is 0.751. The lowest BCUT2D eigenvalue weighted by molar-refractivity contribution is -0.136. The van der Waals surface area contributed by atoms with E-state index in [0.29, 0.717) is 21.9 Å². The van der Waals surface area contributed by atoms with E-state index >= 15 is 0 Å². The van der Waals surface area contributed by atoms with Crippen LogP contribution in [-0.2, 0) is 14.8 Å². The highest BCUT2D eigenvalue weighted by molar-refractivity contribution is 9.10. The van der Waals surface area contributed by atoms with Crippen LogP contribution in [0.2, 0.25) is 5.02 Å². The van der Waals surface area contributed by atoms with Gasteiger partial charge in [-0.05, 0) is 35.0 Å². The summed E-state index contributed by atoms with van der Waals surface area (Å²) in [6.45, 7) is 2.09. The highest BCUT2D eigenvalue weighted by atomic mass is 79.9. The van der Waals surface area contributed by atoms with E-state index in [0.717, 1.165) is 0 Å². The number of halogens is 2. The standard InChI is InChI=1S/C11H13BrClNO5S/c1-2-19-11-8(12)5-7(13)6-9(11)14-20(17,18)4-3-10(15)16/h5-6,14H,2-4H2,1H3,(H,15,16). The molecule has 0 fully saturated rings. The molecular formula is C11H13BrClNO5S. The predicted octanol–water partition coefficient (Wildman–Crippen LogP) is 2.72. The minimum absolute atomic E-state index is 0.164. The third kappa shape index (κ3) is 5.18. The Morgan fingerprint density at radius 1 is 1.50 bits per heavy atom. The average Bonchev–Trinajstić information content (AvgIpc) is 2.31. The van der Waals surface area contributed by atoms with Gasteiger partial charge in [0, 0.05) is 5.02 Å². The van der Waals surface area contributed by atoms with E-state index in [-0.39, 0.29) is 5.69 Å². The number of carboxylic acids is 1. The summed E-state index contributed by atoms with van der Waals surface area (Å²) in [6, 6.07) is 2.97. The number of aliphatic carboxylic acids is 1. The second kappa shape index (κ2) is 7.14. The van der Waals surface area contributed by atoms with E-state index in [2.05, 4.69) is 20.7 Å². The Bertz CT molecular complexity index is 605. The molecule has 0 bridgehead atoms. The van der Waals surface area contributed by atoms with Gasteiger partial charge in [0.1, 0.15) is 0 Å². The Morgan fingerprint density at radius 2 is 2.15 bits per heavy atom. The highest BCUT2D eigenvalue weighted by Gasteiger charge is 2.18. The largest absolute Gasteiger partial charge is 0.490 e. The maximum Gasteiger partial charge on any atom is 0.304 e. The first kappa shape index (κ1) is 17.1. The predicted molar refractivity (Wildman–Crippen MR) is 80.0 cm³/mol. The van der Waals surface area contributed by atoms with Crippen LogP contribution in [0.5, 0.6) is 5.75 Å². The second-order valence-corrected chi connectivity index (χ2v) is 6.89. The van der Waals surface area contributed by atoms with Crippen LogP contribution in [0.25, 0.3) is 0 Å². The van der Waals surface area contributed by atoms with E-state index in [1.807, 2.05) is 0 Å². The molecule has 1 rings (SSSR count). The molecule has 0 aliphatic heterocycles. The summed E-state index contributed by atoms with van der Waals surface area (Å²) in [5.74, 6) is -1.42. The number of hydrogen-bond acceptors (Lipinski definition) is 4. The molecular weight excluding hydrogens is 374 g/mol. The summed E-state index contributed by atoms with van der Waals surface area (Å²) < 4.78 is 31.7. The maximum absolute atomic E-state index is 11.8. The maximum atomic E-state index is 11.8. The lowest BCUT2D eigenvalue weighted by Gasteiger charge is -2.14. The minimum atomic E-state index is -3.79. The highest BCUT2D eigenvalue weighted by Crippen LogP contribution is 2.37. The Labute approximate surface area is 130 Å². The number of hydrogen-bond donors (Lipinski definition) is 2. The zero-order chi connectivity index (χ0) is 15.3. The molecule has 0 spiro atoms. The number of carboxylic acid groups (broad SMARTS) is 1. The molecule has 0 atom stereocenters. The van der Waals surface area contributed by atoms with Gasteiger partial charge in [-0.25, -0.2) is 8.42 Å². The van der Waals surface area contributed by atoms with Crippen molar-refractivity contribution in [3.05, 3.63) is 21.6 Å². The van der Waals surface area contributed by atoms with Crippen molar-refractivity contribution >= 4 is 49.2 Å². The third-order valence-electron chi connectivity index (χ3n) is 2.15. The molecule has 0 aromatic heterocycles. The fourth-order valence-electron chi connectivity index (χ4n) is 1.37. The molecule has 0 radical (unpaired) electrons.